The van der Waals surface area contributed by atoms with Crippen LogP contribution < -0.4 is 9.67 Å². The molecule has 0 saturated heterocycles. The van der Waals surface area contributed by atoms with Gasteiger partial charge >= 0.3 is 17.6 Å². The monoisotopic (exact) mass is 227 g/mol. The second-order valence-electron chi connectivity index (χ2n) is 2.62. The van der Waals surface area contributed by atoms with Crippen LogP contribution in [0, 0.1) is 0 Å². The van der Waals surface area contributed by atoms with Crippen molar-refractivity contribution in [3.63, 3.8) is 0 Å². The number of hydrogen-bond acceptors (Lipinski definition) is 3. The molecule has 0 radical (unpaired) electrons. The van der Waals surface area contributed by atoms with Crippen molar-refractivity contribution in [2.75, 3.05) is 0 Å². The maximum atomic E-state index is 10.9. The highest BCUT2D eigenvalue weighted by molar-refractivity contribution is 6.09. The molecule has 0 fully saturated rings. The molecule has 0 aromatic carbocycles. The van der Waals surface area contributed by atoms with Crippen molar-refractivity contribution in [2.24, 2.45) is 0 Å². The van der Waals surface area contributed by atoms with E-state index in [9.17, 15) is 14.7 Å². The molecule has 0 saturated carbocycles. The van der Waals surface area contributed by atoms with Gasteiger partial charge in [-0.1, -0.05) is 6.07 Å². The topological polar surface area (TPSA) is 133 Å². The Bertz CT molecular complexity index is 439. The smallest absolute Gasteiger partial charge is 0.402 e. The van der Waals surface area contributed by atoms with Crippen LogP contribution in [0.4, 0.5) is 0 Å². The maximum absolute atomic E-state index is 10.9. The van der Waals surface area contributed by atoms with Gasteiger partial charge in [0.15, 0.2) is 12.4 Å². The summed E-state index contributed by atoms with van der Waals surface area (Å²) < 4.78 is 0.943. The van der Waals surface area contributed by atoms with Crippen molar-refractivity contribution in [3.8, 4) is 5.75 Å². The zero-order valence-corrected chi connectivity index (χ0v) is 7.95. The van der Waals surface area contributed by atoms with Crippen LogP contribution in [0.2, 0.25) is 0 Å². The Morgan fingerprint density at radius 2 is 2.00 bits per heavy atom. The van der Waals surface area contributed by atoms with E-state index in [1.807, 2.05) is 0 Å². The molecule has 0 aliphatic heterocycles. The van der Waals surface area contributed by atoms with E-state index in [4.69, 9.17) is 10.2 Å². The SMILES string of the molecule is O.O=C(O)/C=C(/C(=O)O)[n+]1cccc([O-])c1. The number of aromatic nitrogens is 1. The van der Waals surface area contributed by atoms with E-state index in [2.05, 4.69) is 0 Å². The van der Waals surface area contributed by atoms with Gasteiger partial charge in [0.2, 0.25) is 0 Å². The van der Waals surface area contributed by atoms with Gasteiger partial charge in [0.05, 0.1) is 0 Å². The van der Waals surface area contributed by atoms with Gasteiger partial charge in [-0.3, -0.25) is 0 Å². The van der Waals surface area contributed by atoms with Gasteiger partial charge in [-0.15, -0.1) is 0 Å². The van der Waals surface area contributed by atoms with E-state index in [0.29, 0.717) is 6.08 Å². The molecule has 0 spiro atoms. The molecule has 1 rings (SSSR count). The van der Waals surface area contributed by atoms with Crippen LogP contribution in [-0.4, -0.2) is 27.6 Å². The number of nitrogens with zero attached hydrogens (tertiary/aromatic N) is 1. The molecular weight excluding hydrogens is 218 g/mol. The van der Waals surface area contributed by atoms with E-state index in [1.54, 1.807) is 0 Å². The Morgan fingerprint density at radius 1 is 1.38 bits per heavy atom. The quantitative estimate of drug-likeness (QED) is 0.465. The molecule has 1 aromatic rings. The van der Waals surface area contributed by atoms with Crippen molar-refractivity contribution in [2.45, 2.75) is 0 Å². The largest absolute Gasteiger partial charge is 0.868 e. The van der Waals surface area contributed by atoms with Crippen LogP contribution in [-0.2, 0) is 9.59 Å². The molecular formula is C9H9NO6. The average Bonchev–Trinajstić information content (AvgIpc) is 2.13. The Morgan fingerprint density at radius 3 is 2.44 bits per heavy atom. The van der Waals surface area contributed by atoms with Crippen molar-refractivity contribution in [1.29, 1.82) is 0 Å². The fourth-order valence-corrected chi connectivity index (χ4v) is 0.967. The first-order valence-corrected chi connectivity index (χ1v) is 3.87. The number of carbonyl (C=O) groups is 2. The standard InChI is InChI=1S/C9H7NO5.H2O/c11-6-2-1-3-10(5-6)7(9(14)15)4-8(12)13;/h1-5H,(H2-,11,12,13,14,15);1H2/b7-4-;. The summed E-state index contributed by atoms with van der Waals surface area (Å²) in [7, 11) is 0. The highest BCUT2D eigenvalue weighted by Gasteiger charge is 2.19. The Hall–Kier alpha value is -2.41. The lowest BCUT2D eigenvalue weighted by Gasteiger charge is -2.01. The number of carboxylic acids is 2. The van der Waals surface area contributed by atoms with Gasteiger partial charge in [-0.2, -0.15) is 4.57 Å². The van der Waals surface area contributed by atoms with E-state index in [-0.39, 0.29) is 5.48 Å². The minimum atomic E-state index is -1.42. The van der Waals surface area contributed by atoms with Gasteiger partial charge in [0, 0.05) is 6.07 Å². The molecule has 7 heteroatoms. The summed E-state index contributed by atoms with van der Waals surface area (Å²) in [6, 6.07) is 2.57. The van der Waals surface area contributed by atoms with Crippen LogP contribution in [0.3, 0.4) is 0 Å². The number of carboxylic acid groups (broad SMARTS) is 2. The third kappa shape index (κ3) is 3.39. The lowest BCUT2D eigenvalue weighted by molar-refractivity contribution is -0.582. The molecule has 7 nitrogen and oxygen atoms in total. The zero-order chi connectivity index (χ0) is 11.4. The van der Waals surface area contributed by atoms with Crippen molar-refractivity contribution in [3.05, 3.63) is 30.6 Å². The number of pyridine rings is 1. The number of rotatable bonds is 3. The second kappa shape index (κ2) is 5.47. The predicted octanol–water partition coefficient (Wildman–Crippen LogP) is -1.77. The Kier molecular flexibility index (Phi) is 4.64. The third-order valence-corrected chi connectivity index (χ3v) is 1.53. The number of aliphatic carboxylic acids is 2. The summed E-state index contributed by atoms with van der Waals surface area (Å²) in [6.07, 6.45) is 2.79. The molecule has 1 aromatic heterocycles. The van der Waals surface area contributed by atoms with Gasteiger partial charge in [0.25, 0.3) is 0 Å². The normalized spacial score (nSPS) is 10.4. The molecule has 0 unspecified atom stereocenters. The molecule has 0 bridgehead atoms. The fraction of sp³-hybridized carbons (Fsp3) is 0. The maximum Gasteiger partial charge on any atom is 0.402 e. The molecule has 0 atom stereocenters. The first kappa shape index (κ1) is 13.6. The second-order valence-corrected chi connectivity index (χ2v) is 2.62. The molecule has 4 N–H and O–H groups in total. The summed E-state index contributed by atoms with van der Waals surface area (Å²) >= 11 is 0. The fourth-order valence-electron chi connectivity index (χ4n) is 0.967. The van der Waals surface area contributed by atoms with E-state index >= 15 is 0 Å². The van der Waals surface area contributed by atoms with E-state index in [1.165, 1.54) is 18.3 Å². The van der Waals surface area contributed by atoms with Crippen LogP contribution >= 0.6 is 0 Å². The highest BCUT2D eigenvalue weighted by atomic mass is 16.4. The van der Waals surface area contributed by atoms with Crippen molar-refractivity contribution in [1.82, 2.24) is 0 Å². The zero-order valence-electron chi connectivity index (χ0n) is 7.95. The summed E-state index contributed by atoms with van der Waals surface area (Å²) in [6.45, 7) is 0. The molecule has 16 heavy (non-hydrogen) atoms. The first-order chi connectivity index (χ1) is 7.00. The van der Waals surface area contributed by atoms with Crippen LogP contribution in [0.5, 0.6) is 5.75 Å². The third-order valence-electron chi connectivity index (χ3n) is 1.53. The van der Waals surface area contributed by atoms with Crippen molar-refractivity contribution >= 4 is 17.6 Å². The summed E-state index contributed by atoms with van der Waals surface area (Å²) in [4.78, 5) is 21.0. The molecule has 0 aliphatic carbocycles. The summed E-state index contributed by atoms with van der Waals surface area (Å²) in [5, 5.41) is 28.1. The lowest BCUT2D eigenvalue weighted by atomic mass is 10.3. The van der Waals surface area contributed by atoms with Crippen LogP contribution in [0.1, 0.15) is 0 Å². The predicted molar refractivity (Wildman–Crippen MR) is 49.2 cm³/mol. The molecule has 1 heterocycles. The highest BCUT2D eigenvalue weighted by Crippen LogP contribution is 2.00. The minimum Gasteiger partial charge on any atom is -0.868 e. The summed E-state index contributed by atoms with van der Waals surface area (Å²) in [5.41, 5.74) is -0.500. The Labute approximate surface area is 89.8 Å². The molecule has 0 amide bonds. The summed E-state index contributed by atoms with van der Waals surface area (Å²) in [5.74, 6) is -3.22. The van der Waals surface area contributed by atoms with Gasteiger partial charge in [0.1, 0.15) is 6.08 Å². The van der Waals surface area contributed by atoms with Gasteiger partial charge in [-0.05, 0) is 5.75 Å². The molecule has 0 aliphatic rings. The van der Waals surface area contributed by atoms with Crippen molar-refractivity contribution < 1.29 is 35.0 Å². The van der Waals surface area contributed by atoms with Crippen LogP contribution in [0.15, 0.2) is 30.6 Å². The first-order valence-electron chi connectivity index (χ1n) is 3.87. The molecule has 86 valence electrons. The van der Waals surface area contributed by atoms with E-state index in [0.717, 1.165) is 10.8 Å². The number of hydrogen-bond donors (Lipinski definition) is 2. The minimum absolute atomic E-state index is 0. The average molecular weight is 227 g/mol. The van der Waals surface area contributed by atoms with Gasteiger partial charge < -0.3 is 20.8 Å². The van der Waals surface area contributed by atoms with Gasteiger partial charge in [-0.25, -0.2) is 9.59 Å². The lowest BCUT2D eigenvalue weighted by Crippen LogP contribution is -2.36. The van der Waals surface area contributed by atoms with E-state index < -0.39 is 23.4 Å². The van der Waals surface area contributed by atoms with Crippen LogP contribution in [0.25, 0.3) is 5.70 Å². The Balaban J connectivity index is 0.00000225.